The molecule has 0 aromatic carbocycles. The Hall–Kier alpha value is -0.120. The van der Waals surface area contributed by atoms with Crippen molar-refractivity contribution in [2.75, 3.05) is 19.6 Å². The van der Waals surface area contributed by atoms with E-state index in [1.54, 1.807) is 0 Å². The lowest BCUT2D eigenvalue weighted by Crippen LogP contribution is -2.34. The van der Waals surface area contributed by atoms with Crippen LogP contribution in [-0.2, 0) is 0 Å². The predicted molar refractivity (Wildman–Crippen MR) is 35.0 cm³/mol. The van der Waals surface area contributed by atoms with E-state index in [4.69, 9.17) is 5.21 Å². The summed E-state index contributed by atoms with van der Waals surface area (Å²) in [4.78, 5) is 0. The van der Waals surface area contributed by atoms with Crippen LogP contribution in [-0.4, -0.2) is 35.0 Å². The largest absolute Gasteiger partial charge is 0.299 e. The molecule has 0 aromatic heterocycles. The quantitative estimate of drug-likeness (QED) is 0.596. The van der Waals surface area contributed by atoms with Gasteiger partial charge in [0.15, 0.2) is 0 Å². The summed E-state index contributed by atoms with van der Waals surface area (Å²) in [6.07, 6.45) is 2.20. The smallest absolute Gasteiger partial charge is 0.0414 e. The van der Waals surface area contributed by atoms with E-state index in [0.29, 0.717) is 0 Å². The summed E-state index contributed by atoms with van der Waals surface area (Å²) in [6.45, 7) is 4.92. The number of hydrazine groups is 1. The molecule has 0 bridgehead atoms. The zero-order valence-electron chi connectivity index (χ0n) is 5.88. The molecule has 0 spiro atoms. The maximum absolute atomic E-state index is 9.08. The highest BCUT2D eigenvalue weighted by molar-refractivity contribution is 4.58. The summed E-state index contributed by atoms with van der Waals surface area (Å²) in [7, 11) is 0. The first kappa shape index (κ1) is 6.99. The number of hydrogen-bond donors (Lipinski definition) is 1. The van der Waals surface area contributed by atoms with Crippen molar-refractivity contribution in [1.29, 1.82) is 0 Å². The Labute approximate surface area is 55.8 Å². The second-order valence-electron chi connectivity index (χ2n) is 2.40. The predicted octanol–water partition coefficient (Wildman–Crippen LogP) is 0.708. The molecule has 0 radical (unpaired) electrons. The van der Waals surface area contributed by atoms with E-state index >= 15 is 0 Å². The fourth-order valence-corrected chi connectivity index (χ4v) is 1.14. The molecule has 1 rings (SSSR count). The number of hydroxylamine groups is 1. The Kier molecular flexibility index (Phi) is 2.45. The molecule has 1 aliphatic rings. The van der Waals surface area contributed by atoms with Gasteiger partial charge in [0.1, 0.15) is 0 Å². The highest BCUT2D eigenvalue weighted by Crippen LogP contribution is 2.06. The molecule has 3 heteroatoms. The second kappa shape index (κ2) is 3.15. The molecular weight excluding hydrogens is 116 g/mol. The molecule has 1 aliphatic heterocycles. The SMILES string of the molecule is CCCN1CCCN1O. The van der Waals surface area contributed by atoms with E-state index in [9.17, 15) is 0 Å². The van der Waals surface area contributed by atoms with E-state index in [-0.39, 0.29) is 0 Å². The molecule has 3 nitrogen and oxygen atoms in total. The minimum absolute atomic E-state index is 0.806. The lowest BCUT2D eigenvalue weighted by atomic mass is 10.4. The minimum Gasteiger partial charge on any atom is -0.299 e. The summed E-state index contributed by atoms with van der Waals surface area (Å²) in [5.41, 5.74) is 0. The molecule has 0 aliphatic carbocycles. The van der Waals surface area contributed by atoms with Crippen molar-refractivity contribution in [3.05, 3.63) is 0 Å². The average molecular weight is 130 g/mol. The molecule has 1 heterocycles. The summed E-state index contributed by atoms with van der Waals surface area (Å²) >= 11 is 0. The third kappa shape index (κ3) is 1.64. The van der Waals surface area contributed by atoms with Gasteiger partial charge in [-0.3, -0.25) is 5.21 Å². The van der Waals surface area contributed by atoms with Crippen molar-refractivity contribution in [1.82, 2.24) is 10.2 Å². The van der Waals surface area contributed by atoms with Crippen LogP contribution >= 0.6 is 0 Å². The van der Waals surface area contributed by atoms with Crippen LogP contribution in [0.5, 0.6) is 0 Å². The fourth-order valence-electron chi connectivity index (χ4n) is 1.14. The van der Waals surface area contributed by atoms with Crippen molar-refractivity contribution in [3.63, 3.8) is 0 Å². The first-order chi connectivity index (χ1) is 4.34. The molecule has 0 unspecified atom stereocenters. The van der Waals surface area contributed by atoms with Crippen molar-refractivity contribution < 1.29 is 5.21 Å². The first-order valence-electron chi connectivity index (χ1n) is 3.56. The Bertz CT molecular complexity index is 87.1. The van der Waals surface area contributed by atoms with Crippen molar-refractivity contribution in [3.8, 4) is 0 Å². The van der Waals surface area contributed by atoms with Gasteiger partial charge in [0.2, 0.25) is 0 Å². The van der Waals surface area contributed by atoms with Gasteiger partial charge in [-0.2, -0.15) is 0 Å². The molecule has 1 fully saturated rings. The zero-order chi connectivity index (χ0) is 6.69. The van der Waals surface area contributed by atoms with E-state index in [0.717, 1.165) is 32.5 Å². The molecule has 1 N–H and O–H groups in total. The summed E-state index contributed by atoms with van der Waals surface area (Å²) < 4.78 is 0. The molecule has 0 amide bonds. The van der Waals surface area contributed by atoms with Gasteiger partial charge in [0.05, 0.1) is 0 Å². The Balaban J connectivity index is 2.22. The van der Waals surface area contributed by atoms with Crippen LogP contribution in [0.3, 0.4) is 0 Å². The fraction of sp³-hybridized carbons (Fsp3) is 1.00. The van der Waals surface area contributed by atoms with Crippen molar-refractivity contribution >= 4 is 0 Å². The maximum atomic E-state index is 9.08. The van der Waals surface area contributed by atoms with Gasteiger partial charge in [-0.05, 0) is 12.8 Å². The molecule has 9 heavy (non-hydrogen) atoms. The van der Waals surface area contributed by atoms with Crippen molar-refractivity contribution in [2.24, 2.45) is 0 Å². The molecule has 0 saturated carbocycles. The topological polar surface area (TPSA) is 26.7 Å². The molecule has 1 saturated heterocycles. The lowest BCUT2D eigenvalue weighted by molar-refractivity contribution is -0.216. The van der Waals surface area contributed by atoms with Gasteiger partial charge in [-0.25, -0.2) is 5.01 Å². The average Bonchev–Trinajstić information content (AvgIpc) is 2.18. The summed E-state index contributed by atoms with van der Waals surface area (Å²) in [6, 6.07) is 0. The zero-order valence-corrected chi connectivity index (χ0v) is 5.88. The summed E-state index contributed by atoms with van der Waals surface area (Å²) in [5.74, 6) is 0. The molecule has 54 valence electrons. The molecular formula is C6H14N2O. The first-order valence-corrected chi connectivity index (χ1v) is 3.56. The van der Waals surface area contributed by atoms with Crippen LogP contribution in [0.15, 0.2) is 0 Å². The second-order valence-corrected chi connectivity index (χ2v) is 2.40. The monoisotopic (exact) mass is 130 g/mol. The van der Waals surface area contributed by atoms with Gasteiger partial charge >= 0.3 is 0 Å². The third-order valence-electron chi connectivity index (χ3n) is 1.58. The van der Waals surface area contributed by atoms with Crippen LogP contribution in [0, 0.1) is 0 Å². The normalized spacial score (nSPS) is 23.3. The number of hydrogen-bond acceptors (Lipinski definition) is 3. The maximum Gasteiger partial charge on any atom is 0.0414 e. The van der Waals surface area contributed by atoms with Gasteiger partial charge < -0.3 is 0 Å². The Morgan fingerprint density at radius 3 is 2.67 bits per heavy atom. The summed E-state index contributed by atoms with van der Waals surface area (Å²) in [5, 5.41) is 12.4. The number of rotatable bonds is 2. The van der Waals surface area contributed by atoms with E-state index < -0.39 is 0 Å². The van der Waals surface area contributed by atoms with Gasteiger partial charge in [0.25, 0.3) is 0 Å². The third-order valence-corrected chi connectivity index (χ3v) is 1.58. The molecule has 0 aromatic rings. The standard InChI is InChI=1S/C6H14N2O/c1-2-4-7-5-3-6-8(7)9/h9H,2-6H2,1H3. The van der Waals surface area contributed by atoms with Gasteiger partial charge in [-0.1, -0.05) is 6.92 Å². The van der Waals surface area contributed by atoms with E-state index in [1.165, 1.54) is 5.17 Å². The van der Waals surface area contributed by atoms with Crippen LogP contribution < -0.4 is 0 Å². The minimum atomic E-state index is 0.806. The van der Waals surface area contributed by atoms with Crippen LogP contribution in [0.4, 0.5) is 0 Å². The van der Waals surface area contributed by atoms with Crippen LogP contribution in [0.2, 0.25) is 0 Å². The van der Waals surface area contributed by atoms with Gasteiger partial charge in [-0.15, -0.1) is 5.17 Å². The van der Waals surface area contributed by atoms with Crippen LogP contribution in [0.1, 0.15) is 19.8 Å². The lowest BCUT2D eigenvalue weighted by Gasteiger charge is -2.20. The Morgan fingerprint density at radius 2 is 2.22 bits per heavy atom. The number of nitrogens with zero attached hydrogens (tertiary/aromatic N) is 2. The van der Waals surface area contributed by atoms with Crippen LogP contribution in [0.25, 0.3) is 0 Å². The molecule has 0 atom stereocenters. The highest BCUT2D eigenvalue weighted by atomic mass is 16.6. The van der Waals surface area contributed by atoms with Gasteiger partial charge in [0, 0.05) is 19.6 Å². The van der Waals surface area contributed by atoms with E-state index in [2.05, 4.69) is 6.92 Å². The Morgan fingerprint density at radius 1 is 1.44 bits per heavy atom. The van der Waals surface area contributed by atoms with E-state index in [1.807, 2.05) is 5.01 Å². The van der Waals surface area contributed by atoms with Crippen molar-refractivity contribution in [2.45, 2.75) is 19.8 Å². The highest BCUT2D eigenvalue weighted by Gasteiger charge is 2.17.